The molecule has 2 aliphatic heterocycles. The van der Waals surface area contributed by atoms with Gasteiger partial charge in [0, 0.05) is 23.9 Å². The minimum atomic E-state index is -3.59. The van der Waals surface area contributed by atoms with Gasteiger partial charge in [0.2, 0.25) is 12.7 Å². The van der Waals surface area contributed by atoms with Crippen molar-refractivity contribution in [3.63, 3.8) is 0 Å². The Bertz CT molecular complexity index is 1360. The molecule has 0 radical (unpaired) electrons. The van der Waals surface area contributed by atoms with Crippen molar-refractivity contribution in [1.82, 2.24) is 14.3 Å². The van der Waals surface area contributed by atoms with Crippen molar-refractivity contribution in [2.45, 2.75) is 51.8 Å². The molecule has 2 aromatic rings. The van der Waals surface area contributed by atoms with E-state index in [9.17, 15) is 27.9 Å². The van der Waals surface area contributed by atoms with Crippen molar-refractivity contribution in [1.29, 1.82) is 0 Å². The lowest BCUT2D eigenvalue weighted by Gasteiger charge is -2.46. The molecule has 2 aliphatic rings. The third-order valence-corrected chi connectivity index (χ3v) is 8.43. The van der Waals surface area contributed by atoms with Crippen molar-refractivity contribution >= 4 is 49.4 Å². The van der Waals surface area contributed by atoms with Gasteiger partial charge in [-0.05, 0) is 27.7 Å². The summed E-state index contributed by atoms with van der Waals surface area (Å²) in [5, 5.41) is 10.1. The Morgan fingerprint density at radius 2 is 1.94 bits per heavy atom. The van der Waals surface area contributed by atoms with Crippen LogP contribution in [0.1, 0.15) is 39.5 Å². The molecular weight excluding hydrogens is 498 g/mol. The summed E-state index contributed by atoms with van der Waals surface area (Å²) in [6, 6.07) is -0.467. The summed E-state index contributed by atoms with van der Waals surface area (Å²) in [7, 11) is -3.59. The fourth-order valence-corrected chi connectivity index (χ4v) is 6.81. The van der Waals surface area contributed by atoms with Gasteiger partial charge < -0.3 is 19.5 Å². The third-order valence-electron chi connectivity index (χ3n) is 6.15. The Balaban J connectivity index is 1.73. The highest BCUT2D eigenvalue weighted by Gasteiger charge is 2.60. The molecule has 1 N–H and O–H groups in total. The Hall–Kier alpha value is -2.77. The fourth-order valence-electron chi connectivity index (χ4n) is 4.46. The van der Waals surface area contributed by atoms with E-state index in [1.807, 2.05) is 6.92 Å². The number of carbonyl (C=O) groups is 3. The van der Waals surface area contributed by atoms with Gasteiger partial charge >= 0.3 is 11.9 Å². The van der Waals surface area contributed by atoms with E-state index < -0.39 is 58.0 Å². The van der Waals surface area contributed by atoms with Gasteiger partial charge in [0.15, 0.2) is 14.9 Å². The van der Waals surface area contributed by atoms with Crippen molar-refractivity contribution in [2.24, 2.45) is 17.3 Å². The van der Waals surface area contributed by atoms with Crippen molar-refractivity contribution < 1.29 is 37.4 Å². The Morgan fingerprint density at radius 3 is 2.51 bits per heavy atom. The van der Waals surface area contributed by atoms with Gasteiger partial charge in [-0.15, -0.1) is 11.3 Å². The summed E-state index contributed by atoms with van der Waals surface area (Å²) in [5.41, 5.74) is -0.298. The normalized spacial score (nSPS) is 23.3. The number of ether oxygens (including phenoxy) is 2. The van der Waals surface area contributed by atoms with Gasteiger partial charge in [-0.1, -0.05) is 6.92 Å². The van der Waals surface area contributed by atoms with Crippen LogP contribution in [0.15, 0.2) is 23.2 Å². The smallest absolute Gasteiger partial charge is 0.358 e. The molecule has 35 heavy (non-hydrogen) atoms. The number of rotatable bonds is 6. The predicted molar refractivity (Wildman–Crippen MR) is 125 cm³/mol. The average molecular weight is 526 g/mol. The number of aliphatic hydroxyl groups is 1. The summed E-state index contributed by atoms with van der Waals surface area (Å²) in [5.74, 6) is -2.87. The van der Waals surface area contributed by atoms with Crippen LogP contribution in [0, 0.1) is 17.3 Å². The first-order chi connectivity index (χ1) is 16.1. The quantitative estimate of drug-likeness (QED) is 0.337. The maximum Gasteiger partial charge on any atom is 0.358 e. The Labute approximate surface area is 206 Å². The molecule has 0 bridgehead atoms. The van der Waals surface area contributed by atoms with Crippen LogP contribution in [0.25, 0.3) is 10.4 Å². The highest BCUT2D eigenvalue weighted by atomic mass is 32.2. The molecule has 11 nitrogen and oxygen atoms in total. The number of thiazole rings is 1. The number of esters is 2. The number of hydrogen-bond acceptors (Lipinski definition) is 10. The van der Waals surface area contributed by atoms with Gasteiger partial charge in [-0.25, -0.2) is 18.2 Å². The molecule has 0 aliphatic carbocycles. The largest absolute Gasteiger partial charge is 0.427 e. The van der Waals surface area contributed by atoms with E-state index in [2.05, 4.69) is 4.98 Å². The number of sulfone groups is 1. The van der Waals surface area contributed by atoms with E-state index in [-0.39, 0.29) is 16.6 Å². The number of amides is 1. The van der Waals surface area contributed by atoms with E-state index in [0.717, 1.165) is 17.6 Å². The molecular formula is C22H27N3O8S2. The molecule has 1 fully saturated rings. The predicted octanol–water partition coefficient (Wildman–Crippen LogP) is 1.46. The van der Waals surface area contributed by atoms with Crippen LogP contribution in [-0.2, 0) is 33.7 Å². The minimum absolute atomic E-state index is 0.00502. The first-order valence-corrected chi connectivity index (χ1v) is 13.6. The van der Waals surface area contributed by atoms with Gasteiger partial charge in [0.05, 0.1) is 28.4 Å². The zero-order chi connectivity index (χ0) is 26.0. The minimum Gasteiger partial charge on any atom is -0.427 e. The van der Waals surface area contributed by atoms with E-state index in [1.54, 1.807) is 31.4 Å². The molecule has 4 atom stereocenters. The molecule has 0 unspecified atom stereocenters. The molecule has 4 heterocycles. The fraction of sp³-hybridized carbons (Fsp3) is 0.545. The first kappa shape index (κ1) is 25.3. The maximum atomic E-state index is 13.2. The highest BCUT2D eigenvalue weighted by molar-refractivity contribution is 7.91. The van der Waals surface area contributed by atoms with Gasteiger partial charge in [-0.3, -0.25) is 14.0 Å². The summed E-state index contributed by atoms with van der Waals surface area (Å²) in [6.07, 6.45) is 3.16. The number of carbonyl (C=O) groups excluding carboxylic acids is 3. The van der Waals surface area contributed by atoms with E-state index in [0.29, 0.717) is 15.3 Å². The summed E-state index contributed by atoms with van der Waals surface area (Å²) < 4.78 is 36.0. The Kier molecular flexibility index (Phi) is 6.09. The molecule has 2 aromatic heterocycles. The number of hydrogen-bond donors (Lipinski definition) is 1. The highest BCUT2D eigenvalue weighted by Crippen LogP contribution is 2.51. The van der Waals surface area contributed by atoms with Crippen LogP contribution >= 0.6 is 11.3 Å². The monoisotopic (exact) mass is 525 g/mol. The van der Waals surface area contributed by atoms with E-state index >= 15 is 0 Å². The molecule has 1 saturated heterocycles. The maximum absolute atomic E-state index is 13.2. The van der Waals surface area contributed by atoms with Crippen LogP contribution < -0.4 is 0 Å². The summed E-state index contributed by atoms with van der Waals surface area (Å²) in [4.78, 5) is 44.3. The number of β-lactam (4-membered cyclic amide) rings is 1. The number of imidazole rings is 1. The lowest BCUT2D eigenvalue weighted by Crippen LogP contribution is -2.63. The topological polar surface area (TPSA) is 145 Å². The van der Waals surface area contributed by atoms with E-state index in [4.69, 9.17) is 9.47 Å². The van der Waals surface area contributed by atoms with Crippen LogP contribution in [0.2, 0.25) is 0 Å². The van der Waals surface area contributed by atoms with Crippen molar-refractivity contribution in [3.05, 3.63) is 23.1 Å². The molecule has 4 rings (SSSR count). The number of aromatic nitrogens is 2. The number of fused-ring (bicyclic) bond motifs is 2. The molecule has 190 valence electrons. The van der Waals surface area contributed by atoms with Crippen LogP contribution in [0.3, 0.4) is 0 Å². The Morgan fingerprint density at radius 1 is 1.29 bits per heavy atom. The van der Waals surface area contributed by atoms with Crippen LogP contribution in [0.4, 0.5) is 0 Å². The number of aliphatic hydroxyl groups excluding tert-OH is 1. The summed E-state index contributed by atoms with van der Waals surface area (Å²) in [6.45, 7) is 7.71. The molecule has 13 heteroatoms. The lowest BCUT2D eigenvalue weighted by atomic mass is 9.77. The zero-order valence-electron chi connectivity index (χ0n) is 20.1. The standard InChI is InChI=1S/C22H27N3O8S2/c1-10-13(12-7-24-8-23-17(19(24)34-12)35(6,30)31)16(25-15(10)14(11(2)26)18(25)27)20(28)32-9-33-21(29)22(3,4)5/h7-8,10-11,14-15,26H,9H2,1-6H3/t10-,11+,14+,15+/m0/s1. The molecule has 0 saturated carbocycles. The zero-order valence-corrected chi connectivity index (χ0v) is 21.8. The second kappa shape index (κ2) is 8.42. The molecule has 0 aromatic carbocycles. The van der Waals surface area contributed by atoms with Crippen molar-refractivity contribution in [2.75, 3.05) is 13.0 Å². The van der Waals surface area contributed by atoms with Gasteiger partial charge in [0.1, 0.15) is 16.9 Å². The van der Waals surface area contributed by atoms with Crippen LogP contribution in [-0.4, -0.2) is 70.8 Å². The second-order valence-electron chi connectivity index (χ2n) is 9.88. The van der Waals surface area contributed by atoms with E-state index in [1.165, 1.54) is 18.2 Å². The van der Waals surface area contributed by atoms with Gasteiger partial charge in [-0.2, -0.15) is 0 Å². The van der Waals surface area contributed by atoms with Crippen molar-refractivity contribution in [3.8, 4) is 0 Å². The first-order valence-electron chi connectivity index (χ1n) is 10.9. The second-order valence-corrected chi connectivity index (χ2v) is 12.8. The number of nitrogens with zero attached hydrogens (tertiary/aromatic N) is 3. The third kappa shape index (κ3) is 4.15. The van der Waals surface area contributed by atoms with Crippen LogP contribution in [0.5, 0.6) is 0 Å². The molecule has 1 amide bonds. The average Bonchev–Trinajstić information content (AvgIpc) is 3.35. The summed E-state index contributed by atoms with van der Waals surface area (Å²) >= 11 is 1.12. The SMILES string of the molecule is C[C@@H](O)[C@H]1C(=O)N2C(C(=O)OCOC(=O)C(C)(C)C)=C(c3cn4cnc(S(C)(=O)=O)c4s3)[C@H](C)[C@H]12. The lowest BCUT2D eigenvalue weighted by molar-refractivity contribution is -0.175. The van der Waals surface area contributed by atoms with Gasteiger partial charge in [0.25, 0.3) is 0 Å². The molecule has 0 spiro atoms.